The van der Waals surface area contributed by atoms with Crippen molar-refractivity contribution in [3.05, 3.63) is 42.5 Å². The number of phenolic OH excluding ortho intramolecular Hbond substituents is 1. The average Bonchev–Trinajstić information content (AvgIpc) is 3.10. The number of phenols is 1. The lowest BCUT2D eigenvalue weighted by Gasteiger charge is -2.37. The van der Waals surface area contributed by atoms with E-state index in [4.69, 9.17) is 21.7 Å². The van der Waals surface area contributed by atoms with Gasteiger partial charge >= 0.3 is 0 Å². The summed E-state index contributed by atoms with van der Waals surface area (Å²) in [6.45, 7) is 3.72. The minimum Gasteiger partial charge on any atom is -0.508 e. The molecule has 2 aromatic rings. The van der Waals surface area contributed by atoms with Crippen molar-refractivity contribution in [1.82, 2.24) is 4.90 Å². The van der Waals surface area contributed by atoms with Gasteiger partial charge in [0, 0.05) is 43.6 Å². The summed E-state index contributed by atoms with van der Waals surface area (Å²) in [7, 11) is 0. The molecule has 0 saturated carbocycles. The van der Waals surface area contributed by atoms with Crippen molar-refractivity contribution in [2.24, 2.45) is 0 Å². The van der Waals surface area contributed by atoms with Crippen LogP contribution in [0.4, 0.5) is 11.4 Å². The molecule has 0 amide bonds. The van der Waals surface area contributed by atoms with Gasteiger partial charge in [-0.05, 0) is 48.6 Å². The zero-order chi connectivity index (χ0) is 17.2. The van der Waals surface area contributed by atoms with E-state index in [1.165, 1.54) is 0 Å². The predicted molar refractivity (Wildman–Crippen MR) is 101 cm³/mol. The molecular weight excluding hydrogens is 338 g/mol. The lowest BCUT2D eigenvalue weighted by atomic mass is 10.2. The van der Waals surface area contributed by atoms with Crippen molar-refractivity contribution >= 4 is 28.7 Å². The minimum atomic E-state index is 0.266. The number of anilines is 2. The second-order valence-electron chi connectivity index (χ2n) is 5.99. The van der Waals surface area contributed by atoms with Gasteiger partial charge in [-0.15, -0.1) is 0 Å². The number of hydrogen-bond donors (Lipinski definition) is 2. The Balaban J connectivity index is 1.34. The topological polar surface area (TPSA) is 57.2 Å². The summed E-state index contributed by atoms with van der Waals surface area (Å²) in [6.07, 6.45) is 0. The van der Waals surface area contributed by atoms with Gasteiger partial charge in [0.2, 0.25) is 6.79 Å². The van der Waals surface area contributed by atoms with Crippen LogP contribution in [0.15, 0.2) is 42.5 Å². The van der Waals surface area contributed by atoms with Crippen molar-refractivity contribution in [2.75, 3.05) is 43.2 Å². The smallest absolute Gasteiger partial charge is 0.231 e. The van der Waals surface area contributed by atoms with Gasteiger partial charge in [0.05, 0.1) is 0 Å². The van der Waals surface area contributed by atoms with Crippen LogP contribution < -0.4 is 19.7 Å². The largest absolute Gasteiger partial charge is 0.508 e. The van der Waals surface area contributed by atoms with Crippen molar-refractivity contribution in [2.45, 2.75) is 0 Å². The van der Waals surface area contributed by atoms with Crippen molar-refractivity contribution in [3.8, 4) is 17.2 Å². The van der Waals surface area contributed by atoms with Gasteiger partial charge in [0.15, 0.2) is 16.6 Å². The molecule has 2 N–H and O–H groups in total. The number of aromatic hydroxyl groups is 1. The Hall–Kier alpha value is -2.67. The van der Waals surface area contributed by atoms with Crippen LogP contribution >= 0.6 is 12.2 Å². The van der Waals surface area contributed by atoms with E-state index in [0.29, 0.717) is 5.11 Å². The molecule has 2 aliphatic rings. The van der Waals surface area contributed by atoms with E-state index in [9.17, 15) is 5.11 Å². The van der Waals surface area contributed by atoms with Crippen LogP contribution in [0.5, 0.6) is 17.2 Å². The molecule has 130 valence electrons. The van der Waals surface area contributed by atoms with Gasteiger partial charge in [-0.3, -0.25) is 0 Å². The molecule has 2 aliphatic heterocycles. The van der Waals surface area contributed by atoms with Gasteiger partial charge in [-0.25, -0.2) is 0 Å². The van der Waals surface area contributed by atoms with Gasteiger partial charge in [0.25, 0.3) is 0 Å². The van der Waals surface area contributed by atoms with Gasteiger partial charge < -0.3 is 29.7 Å². The van der Waals surface area contributed by atoms with Crippen LogP contribution in [-0.4, -0.2) is 48.1 Å². The molecule has 0 radical (unpaired) electrons. The Bertz CT molecular complexity index is 774. The van der Waals surface area contributed by atoms with Gasteiger partial charge in [-0.2, -0.15) is 0 Å². The number of nitrogens with zero attached hydrogens (tertiary/aromatic N) is 2. The van der Waals surface area contributed by atoms with Crippen molar-refractivity contribution in [1.29, 1.82) is 0 Å². The van der Waals surface area contributed by atoms with Crippen LogP contribution in [0.25, 0.3) is 0 Å². The lowest BCUT2D eigenvalue weighted by molar-refractivity contribution is 0.174. The molecule has 0 bridgehead atoms. The summed E-state index contributed by atoms with van der Waals surface area (Å²) in [4.78, 5) is 4.45. The van der Waals surface area contributed by atoms with Crippen molar-refractivity contribution in [3.63, 3.8) is 0 Å². The highest BCUT2D eigenvalue weighted by atomic mass is 32.1. The van der Waals surface area contributed by atoms with E-state index >= 15 is 0 Å². The molecule has 7 heteroatoms. The SMILES string of the molecule is Oc1ccc(N2CCN(C(=S)Nc3ccc4c(c3)OCO4)CC2)cc1. The molecule has 0 aromatic heterocycles. The third-order valence-corrected chi connectivity index (χ3v) is 4.77. The Labute approximate surface area is 151 Å². The number of rotatable bonds is 2. The molecule has 0 spiro atoms. The quantitative estimate of drug-likeness (QED) is 0.802. The number of benzene rings is 2. The van der Waals surface area contributed by atoms with Crippen LogP contribution in [0, 0.1) is 0 Å². The van der Waals surface area contributed by atoms with E-state index in [1.807, 2.05) is 30.3 Å². The number of fused-ring (bicyclic) bond motifs is 1. The molecule has 2 aromatic carbocycles. The summed E-state index contributed by atoms with van der Waals surface area (Å²) >= 11 is 5.55. The first kappa shape index (κ1) is 15.8. The second kappa shape index (κ2) is 6.68. The zero-order valence-electron chi connectivity index (χ0n) is 13.6. The maximum absolute atomic E-state index is 9.40. The third kappa shape index (κ3) is 3.41. The fourth-order valence-corrected chi connectivity index (χ4v) is 3.31. The van der Waals surface area contributed by atoms with Crippen LogP contribution in [0.3, 0.4) is 0 Å². The van der Waals surface area contributed by atoms with E-state index in [0.717, 1.165) is 49.1 Å². The van der Waals surface area contributed by atoms with E-state index in [-0.39, 0.29) is 12.5 Å². The second-order valence-corrected chi connectivity index (χ2v) is 6.38. The van der Waals surface area contributed by atoms with E-state index in [2.05, 4.69) is 15.1 Å². The Morgan fingerprint density at radius 2 is 1.68 bits per heavy atom. The number of nitrogens with one attached hydrogen (secondary N) is 1. The maximum atomic E-state index is 9.40. The molecule has 2 heterocycles. The summed E-state index contributed by atoms with van der Waals surface area (Å²) in [5.74, 6) is 1.79. The fourth-order valence-electron chi connectivity index (χ4n) is 3.01. The highest BCUT2D eigenvalue weighted by Gasteiger charge is 2.20. The summed E-state index contributed by atoms with van der Waals surface area (Å²) in [5, 5.41) is 13.4. The Morgan fingerprint density at radius 1 is 0.960 bits per heavy atom. The molecular formula is C18H19N3O3S. The Morgan fingerprint density at radius 3 is 2.44 bits per heavy atom. The first-order chi connectivity index (χ1) is 12.2. The Kier molecular flexibility index (Phi) is 4.23. The third-order valence-electron chi connectivity index (χ3n) is 4.41. The molecule has 4 rings (SSSR count). The monoisotopic (exact) mass is 357 g/mol. The van der Waals surface area contributed by atoms with E-state index in [1.54, 1.807) is 12.1 Å². The fraction of sp³-hybridized carbons (Fsp3) is 0.278. The number of thiocarbonyl (C=S) groups is 1. The normalized spacial score (nSPS) is 16.0. The van der Waals surface area contributed by atoms with Crippen LogP contribution in [-0.2, 0) is 0 Å². The highest BCUT2D eigenvalue weighted by Crippen LogP contribution is 2.34. The number of ether oxygens (including phenoxy) is 2. The summed E-state index contributed by atoms with van der Waals surface area (Å²) in [6, 6.07) is 13.0. The van der Waals surface area contributed by atoms with E-state index < -0.39 is 0 Å². The van der Waals surface area contributed by atoms with Crippen LogP contribution in [0.1, 0.15) is 0 Å². The predicted octanol–water partition coefficient (Wildman–Crippen LogP) is 2.64. The summed E-state index contributed by atoms with van der Waals surface area (Å²) in [5.41, 5.74) is 2.02. The van der Waals surface area contributed by atoms with Crippen molar-refractivity contribution < 1.29 is 14.6 Å². The molecule has 0 aliphatic carbocycles. The first-order valence-corrected chi connectivity index (χ1v) is 8.59. The summed E-state index contributed by atoms with van der Waals surface area (Å²) < 4.78 is 10.7. The zero-order valence-corrected chi connectivity index (χ0v) is 14.5. The van der Waals surface area contributed by atoms with Gasteiger partial charge in [0.1, 0.15) is 5.75 Å². The van der Waals surface area contributed by atoms with Crippen LogP contribution in [0.2, 0.25) is 0 Å². The van der Waals surface area contributed by atoms with Gasteiger partial charge in [-0.1, -0.05) is 0 Å². The molecule has 1 saturated heterocycles. The molecule has 1 fully saturated rings. The highest BCUT2D eigenvalue weighted by molar-refractivity contribution is 7.80. The standard InChI is InChI=1S/C18H19N3O3S/c22-15-4-2-14(3-5-15)20-7-9-21(10-8-20)18(25)19-13-1-6-16-17(11-13)24-12-23-16/h1-6,11,22H,7-10,12H2,(H,19,25). The maximum Gasteiger partial charge on any atom is 0.231 e. The molecule has 0 atom stereocenters. The minimum absolute atomic E-state index is 0.266. The molecule has 0 unspecified atom stereocenters. The first-order valence-electron chi connectivity index (χ1n) is 8.18. The lowest BCUT2D eigenvalue weighted by Crippen LogP contribution is -2.50. The number of piperazine rings is 1. The number of hydrogen-bond acceptors (Lipinski definition) is 5. The molecule has 6 nitrogen and oxygen atoms in total. The average molecular weight is 357 g/mol. The molecule has 25 heavy (non-hydrogen) atoms.